The van der Waals surface area contributed by atoms with Crippen LogP contribution in [-0.4, -0.2) is 59.0 Å². The molecular formula is C28H35F6N2O4PS. The summed E-state index contributed by atoms with van der Waals surface area (Å²) in [6.07, 6.45) is -4.08. The fraction of sp³-hybridized carbons (Fsp3) is 0.571. The van der Waals surface area contributed by atoms with Gasteiger partial charge in [0.15, 0.2) is 8.38 Å². The molecule has 0 N–H and O–H groups in total. The van der Waals surface area contributed by atoms with Crippen LogP contribution in [0.25, 0.3) is 0 Å². The third kappa shape index (κ3) is 7.59. The van der Waals surface area contributed by atoms with Crippen molar-refractivity contribution in [3.8, 4) is 5.75 Å². The van der Waals surface area contributed by atoms with E-state index in [-0.39, 0.29) is 30.2 Å². The molecule has 2 aromatic carbocycles. The van der Waals surface area contributed by atoms with Crippen LogP contribution in [0.3, 0.4) is 0 Å². The van der Waals surface area contributed by atoms with Gasteiger partial charge in [-0.3, -0.25) is 0 Å². The van der Waals surface area contributed by atoms with E-state index >= 15 is 0 Å². The second-order valence-corrected chi connectivity index (χ2v) is 14.1. The highest BCUT2D eigenvalue weighted by atomic mass is 32.2. The molecule has 0 spiro atoms. The summed E-state index contributed by atoms with van der Waals surface area (Å²) in [4.78, 5) is 1.50. The van der Waals surface area contributed by atoms with E-state index in [1.54, 1.807) is 0 Å². The predicted molar refractivity (Wildman–Crippen MR) is 150 cm³/mol. The first-order chi connectivity index (χ1) is 19.7. The summed E-state index contributed by atoms with van der Waals surface area (Å²) in [7, 11) is -1.93. The Balaban J connectivity index is 1.78. The average Bonchev–Trinajstić information content (AvgIpc) is 3.72. The van der Waals surface area contributed by atoms with Gasteiger partial charge in [-0.15, -0.1) is 0 Å². The fourth-order valence-electron chi connectivity index (χ4n) is 4.80. The monoisotopic (exact) mass is 640 g/mol. The van der Waals surface area contributed by atoms with Gasteiger partial charge < -0.3 is 18.7 Å². The summed E-state index contributed by atoms with van der Waals surface area (Å²) in [5, 5.41) is -0.552. The maximum absolute atomic E-state index is 14.5. The Kier molecular flexibility index (Phi) is 10.2. The van der Waals surface area contributed by atoms with E-state index in [9.17, 15) is 30.6 Å². The number of benzene rings is 2. The maximum atomic E-state index is 14.5. The number of likely N-dealkylation sites (N-methyl/N-ethyl adjacent to an activating group) is 1. The van der Waals surface area contributed by atoms with Crippen molar-refractivity contribution < 1.29 is 44.3 Å². The summed E-state index contributed by atoms with van der Waals surface area (Å²) in [5.74, 6) is -4.03. The van der Waals surface area contributed by atoms with E-state index in [2.05, 4.69) is 0 Å². The lowest BCUT2D eigenvalue weighted by atomic mass is 10.1. The zero-order chi connectivity index (χ0) is 30.9. The summed E-state index contributed by atoms with van der Waals surface area (Å²) in [6, 6.07) is 6.36. The fourth-order valence-corrected chi connectivity index (χ4v) is 7.84. The van der Waals surface area contributed by atoms with Gasteiger partial charge in [0, 0.05) is 37.8 Å². The Morgan fingerprint density at radius 2 is 1.67 bits per heavy atom. The number of alkyl halides is 5. The van der Waals surface area contributed by atoms with Gasteiger partial charge in [-0.1, -0.05) is 0 Å². The third-order valence-electron chi connectivity index (χ3n) is 7.27. The third-order valence-corrected chi connectivity index (χ3v) is 11.1. The molecule has 1 unspecified atom stereocenters. The zero-order valence-electron chi connectivity index (χ0n) is 23.8. The molecule has 0 aromatic heterocycles. The number of nitrogens with zero attached hydrogens (tertiary/aromatic N) is 2. The minimum atomic E-state index is -4.83. The summed E-state index contributed by atoms with van der Waals surface area (Å²) in [6.45, 7) is 5.04. The molecule has 2 aromatic rings. The van der Waals surface area contributed by atoms with E-state index in [0.717, 1.165) is 31.2 Å². The van der Waals surface area contributed by atoms with Gasteiger partial charge in [0.05, 0.1) is 34.5 Å². The molecule has 1 aliphatic carbocycles. The Hall–Kier alpha value is -1.92. The number of hydrogen-bond acceptors (Lipinski definition) is 5. The van der Waals surface area contributed by atoms with Crippen molar-refractivity contribution in [3.05, 3.63) is 47.8 Å². The molecule has 42 heavy (non-hydrogen) atoms. The van der Waals surface area contributed by atoms with Gasteiger partial charge in [0.2, 0.25) is 5.92 Å². The molecule has 6 nitrogen and oxygen atoms in total. The van der Waals surface area contributed by atoms with E-state index in [0.29, 0.717) is 31.7 Å². The topological polar surface area (TPSA) is 51.2 Å². The summed E-state index contributed by atoms with van der Waals surface area (Å²) >= 11 is 0. The van der Waals surface area contributed by atoms with Crippen molar-refractivity contribution in [2.24, 2.45) is 0 Å². The number of rotatable bonds is 12. The van der Waals surface area contributed by atoms with Crippen LogP contribution in [0.2, 0.25) is 0 Å². The highest BCUT2D eigenvalue weighted by molar-refractivity contribution is 7.82. The minimum absolute atomic E-state index is 0.0238. The first-order valence-corrected chi connectivity index (χ1v) is 16.0. The minimum Gasteiger partial charge on any atom is -0.492 e. The Morgan fingerprint density at radius 3 is 2.19 bits per heavy atom. The molecule has 4 rings (SSSR count). The van der Waals surface area contributed by atoms with Crippen molar-refractivity contribution in [1.29, 1.82) is 0 Å². The van der Waals surface area contributed by atoms with Crippen molar-refractivity contribution in [2.75, 3.05) is 38.3 Å². The summed E-state index contributed by atoms with van der Waals surface area (Å²) in [5.41, 5.74) is -0.764. The number of hydrogen-bond donors (Lipinski definition) is 0. The molecule has 0 bridgehead atoms. The van der Waals surface area contributed by atoms with Gasteiger partial charge >= 0.3 is 6.18 Å². The number of anilines is 2. The first-order valence-electron chi connectivity index (χ1n) is 13.7. The van der Waals surface area contributed by atoms with Crippen molar-refractivity contribution >= 4 is 30.7 Å². The van der Waals surface area contributed by atoms with Crippen LogP contribution in [0, 0.1) is 5.82 Å². The Morgan fingerprint density at radius 1 is 1.05 bits per heavy atom. The summed E-state index contributed by atoms with van der Waals surface area (Å²) < 4.78 is 117. The van der Waals surface area contributed by atoms with E-state index in [1.807, 2.05) is 13.8 Å². The maximum Gasteiger partial charge on any atom is 0.420 e. The Bertz CT molecular complexity index is 1250. The molecule has 14 heteroatoms. The molecule has 0 saturated heterocycles. The van der Waals surface area contributed by atoms with Crippen LogP contribution in [0.4, 0.5) is 37.7 Å². The van der Waals surface area contributed by atoms with Gasteiger partial charge in [-0.25, -0.2) is 21.7 Å². The average molecular weight is 641 g/mol. The lowest BCUT2D eigenvalue weighted by Crippen LogP contribution is -2.39. The van der Waals surface area contributed by atoms with Gasteiger partial charge in [-0.05, 0) is 70.4 Å². The van der Waals surface area contributed by atoms with Crippen molar-refractivity contribution in [1.82, 2.24) is 4.31 Å². The molecule has 2 aliphatic rings. The van der Waals surface area contributed by atoms with Gasteiger partial charge in [0.1, 0.15) is 29.2 Å². The zero-order valence-corrected chi connectivity index (χ0v) is 25.6. The largest absolute Gasteiger partial charge is 0.492 e. The van der Waals surface area contributed by atoms with E-state index in [1.165, 1.54) is 28.4 Å². The molecule has 2 atom stereocenters. The molecular weight excluding hydrogens is 605 g/mol. The molecule has 1 aliphatic heterocycles. The van der Waals surface area contributed by atoms with Gasteiger partial charge in [0.25, 0.3) is 0 Å². The number of ether oxygens (including phenoxy) is 1. The van der Waals surface area contributed by atoms with E-state index in [4.69, 9.17) is 13.8 Å². The Labute approximate surface area is 245 Å². The van der Waals surface area contributed by atoms with Crippen LogP contribution in [-0.2, 0) is 26.2 Å². The molecule has 234 valence electrons. The lowest BCUT2D eigenvalue weighted by Gasteiger charge is -2.30. The van der Waals surface area contributed by atoms with E-state index < -0.39 is 66.2 Å². The first kappa shape index (κ1) is 33.0. The number of halogens is 6. The normalized spacial score (nSPS) is 20.9. The highest BCUT2D eigenvalue weighted by Crippen LogP contribution is 2.65. The van der Waals surface area contributed by atoms with Crippen LogP contribution >= 0.6 is 8.38 Å². The standard InChI is InChI=1S/C28H35F6N2O4PS/c1-5-39-41(40-6-2)27(13-14-27)18-38-24-16-25-23(15-22(24)28(32,33)34)36(20-9-7-19(29)8-10-20)17-21(35(4)42(25)37)11-12-26(3,30)31/h7-10,15-16,21H,5-6,11-14,17-18H2,1-4H3/t21-,42?/m1/s1. The second kappa shape index (κ2) is 13.0. The van der Waals surface area contributed by atoms with Crippen molar-refractivity contribution in [3.63, 3.8) is 0 Å². The molecule has 1 saturated carbocycles. The quantitative estimate of drug-likeness (QED) is 0.174. The molecule has 0 radical (unpaired) electrons. The SMILES string of the molecule is CCOP(OCC)C1(COc2cc3c(cc2C(F)(F)F)N(c2ccc(F)cc2)C[C@@H](CCC(C)(F)F)N(C)S3=O)CC1. The van der Waals surface area contributed by atoms with Crippen LogP contribution in [0.15, 0.2) is 41.3 Å². The highest BCUT2D eigenvalue weighted by Gasteiger charge is 2.53. The molecule has 0 amide bonds. The lowest BCUT2D eigenvalue weighted by molar-refractivity contribution is -0.139. The smallest absolute Gasteiger partial charge is 0.420 e. The molecule has 1 heterocycles. The predicted octanol–water partition coefficient (Wildman–Crippen LogP) is 8.05. The van der Waals surface area contributed by atoms with Crippen LogP contribution in [0.1, 0.15) is 52.0 Å². The molecule has 1 fully saturated rings. The van der Waals surface area contributed by atoms with Crippen molar-refractivity contribution in [2.45, 2.75) is 74.6 Å². The van der Waals surface area contributed by atoms with Gasteiger partial charge in [-0.2, -0.15) is 13.2 Å². The second-order valence-electron chi connectivity index (χ2n) is 10.6. The number of fused-ring (bicyclic) bond motifs is 1. The van der Waals surface area contributed by atoms with Crippen LogP contribution < -0.4 is 9.64 Å². The van der Waals surface area contributed by atoms with Crippen LogP contribution in [0.5, 0.6) is 5.75 Å².